The van der Waals surface area contributed by atoms with Crippen LogP contribution in [0, 0.1) is 0 Å². The Morgan fingerprint density at radius 2 is 1.89 bits per heavy atom. The van der Waals surface area contributed by atoms with Crippen molar-refractivity contribution in [3.8, 4) is 5.69 Å². The number of benzene rings is 2. The number of amides is 1. The number of thioether (sulfide) groups is 1. The number of anilines is 1. The lowest BCUT2D eigenvalue weighted by molar-refractivity contribution is -0.113. The van der Waals surface area contributed by atoms with Gasteiger partial charge in [-0.3, -0.25) is 4.79 Å². The monoisotopic (exact) mass is 429 g/mol. The SMILES string of the molecule is O=C(CSc1ncnc2c1cnn2-c1cccc(Cl)c1)Nc1ccc(Cl)cc1. The zero-order valence-electron chi connectivity index (χ0n) is 14.3. The molecule has 140 valence electrons. The first kappa shape index (κ1) is 18.7. The summed E-state index contributed by atoms with van der Waals surface area (Å²) in [5.41, 5.74) is 2.15. The Hall–Kier alpha value is -2.61. The van der Waals surface area contributed by atoms with Crippen molar-refractivity contribution in [1.82, 2.24) is 19.7 Å². The minimum absolute atomic E-state index is 0.138. The van der Waals surface area contributed by atoms with Gasteiger partial charge in [0.2, 0.25) is 5.91 Å². The highest BCUT2D eigenvalue weighted by atomic mass is 35.5. The van der Waals surface area contributed by atoms with Crippen LogP contribution in [0.15, 0.2) is 66.1 Å². The van der Waals surface area contributed by atoms with E-state index in [1.54, 1.807) is 41.2 Å². The molecule has 0 aliphatic carbocycles. The van der Waals surface area contributed by atoms with Crippen molar-refractivity contribution >= 4 is 57.6 Å². The zero-order valence-corrected chi connectivity index (χ0v) is 16.7. The highest BCUT2D eigenvalue weighted by Crippen LogP contribution is 2.26. The average Bonchev–Trinajstić information content (AvgIpc) is 3.13. The minimum Gasteiger partial charge on any atom is -0.325 e. The van der Waals surface area contributed by atoms with Crippen molar-refractivity contribution in [3.63, 3.8) is 0 Å². The van der Waals surface area contributed by atoms with Crippen LogP contribution in [-0.4, -0.2) is 31.4 Å². The molecular formula is C19H13Cl2N5OS. The van der Waals surface area contributed by atoms with E-state index in [1.807, 2.05) is 18.2 Å². The Morgan fingerprint density at radius 3 is 2.68 bits per heavy atom. The number of aromatic nitrogens is 4. The Morgan fingerprint density at radius 1 is 1.07 bits per heavy atom. The van der Waals surface area contributed by atoms with Gasteiger partial charge in [0.25, 0.3) is 0 Å². The molecule has 4 rings (SSSR count). The fourth-order valence-corrected chi connectivity index (χ4v) is 3.67. The molecular weight excluding hydrogens is 417 g/mol. The van der Waals surface area contributed by atoms with Crippen molar-refractivity contribution in [1.29, 1.82) is 0 Å². The van der Waals surface area contributed by atoms with Gasteiger partial charge in [-0.15, -0.1) is 0 Å². The summed E-state index contributed by atoms with van der Waals surface area (Å²) in [6.07, 6.45) is 3.15. The molecule has 6 nitrogen and oxygen atoms in total. The third-order valence-corrected chi connectivity index (χ3v) is 5.34. The summed E-state index contributed by atoms with van der Waals surface area (Å²) in [4.78, 5) is 20.9. The van der Waals surface area contributed by atoms with Gasteiger partial charge in [0.1, 0.15) is 11.4 Å². The Balaban J connectivity index is 1.51. The molecule has 0 saturated carbocycles. The molecule has 2 heterocycles. The highest BCUT2D eigenvalue weighted by molar-refractivity contribution is 8.00. The van der Waals surface area contributed by atoms with Crippen molar-refractivity contribution < 1.29 is 4.79 Å². The molecule has 2 aromatic carbocycles. The third-order valence-electron chi connectivity index (χ3n) is 3.85. The lowest BCUT2D eigenvalue weighted by atomic mass is 10.3. The van der Waals surface area contributed by atoms with Gasteiger partial charge in [0.15, 0.2) is 5.65 Å². The van der Waals surface area contributed by atoms with Crippen LogP contribution in [0.4, 0.5) is 5.69 Å². The van der Waals surface area contributed by atoms with Crippen LogP contribution in [0.5, 0.6) is 0 Å². The number of nitrogens with zero attached hydrogens (tertiary/aromatic N) is 4. The smallest absolute Gasteiger partial charge is 0.234 e. The van der Waals surface area contributed by atoms with E-state index in [-0.39, 0.29) is 11.7 Å². The maximum Gasteiger partial charge on any atom is 0.234 e. The molecule has 9 heteroatoms. The van der Waals surface area contributed by atoms with Crippen molar-refractivity contribution in [2.45, 2.75) is 5.03 Å². The number of carbonyl (C=O) groups excluding carboxylic acids is 1. The molecule has 0 aliphatic heterocycles. The second-order valence-corrected chi connectivity index (χ2v) is 7.63. The summed E-state index contributed by atoms with van der Waals surface area (Å²) in [5.74, 6) is 0.0678. The fraction of sp³-hybridized carbons (Fsp3) is 0.0526. The van der Waals surface area contributed by atoms with Gasteiger partial charge in [-0.25, -0.2) is 14.6 Å². The van der Waals surface area contributed by atoms with Gasteiger partial charge < -0.3 is 5.32 Å². The van der Waals surface area contributed by atoms with E-state index in [0.29, 0.717) is 26.4 Å². The van der Waals surface area contributed by atoms with Gasteiger partial charge in [-0.2, -0.15) is 5.10 Å². The van der Waals surface area contributed by atoms with Gasteiger partial charge in [0.05, 0.1) is 23.0 Å². The number of halogens is 2. The van der Waals surface area contributed by atoms with Crippen molar-refractivity contribution in [2.24, 2.45) is 0 Å². The summed E-state index contributed by atoms with van der Waals surface area (Å²) < 4.78 is 1.70. The molecule has 0 unspecified atom stereocenters. The van der Waals surface area contributed by atoms with Crippen LogP contribution in [0.25, 0.3) is 16.7 Å². The van der Waals surface area contributed by atoms with E-state index in [1.165, 1.54) is 18.1 Å². The Bertz CT molecular complexity index is 1150. The molecule has 1 N–H and O–H groups in total. The van der Waals surface area contributed by atoms with Crippen molar-refractivity contribution in [3.05, 3.63) is 71.1 Å². The molecule has 0 bridgehead atoms. The van der Waals surface area contributed by atoms with Crippen LogP contribution in [0.1, 0.15) is 0 Å². The summed E-state index contributed by atoms with van der Waals surface area (Å²) in [7, 11) is 0. The molecule has 0 fully saturated rings. The lowest BCUT2D eigenvalue weighted by Gasteiger charge is -2.06. The lowest BCUT2D eigenvalue weighted by Crippen LogP contribution is -2.14. The number of nitrogens with one attached hydrogen (secondary N) is 1. The largest absolute Gasteiger partial charge is 0.325 e. The maximum absolute atomic E-state index is 12.2. The molecule has 0 atom stereocenters. The van der Waals surface area contributed by atoms with Gasteiger partial charge in [-0.05, 0) is 42.5 Å². The summed E-state index contributed by atoms with van der Waals surface area (Å²) in [5, 5.41) is 9.91. The van der Waals surface area contributed by atoms with Crippen LogP contribution >= 0.6 is 35.0 Å². The predicted octanol–water partition coefficient (Wildman–Crippen LogP) is 4.85. The first-order valence-electron chi connectivity index (χ1n) is 8.23. The standard InChI is InChI=1S/C19H13Cl2N5OS/c20-12-4-6-14(7-5-12)25-17(27)10-28-19-16-9-24-26(18(16)22-11-23-19)15-3-1-2-13(21)8-15/h1-9,11H,10H2,(H,25,27). The Kier molecular flexibility index (Phi) is 5.47. The second kappa shape index (κ2) is 8.18. The number of hydrogen-bond acceptors (Lipinski definition) is 5. The van der Waals surface area contributed by atoms with E-state index in [0.717, 1.165) is 11.1 Å². The first-order valence-corrected chi connectivity index (χ1v) is 9.97. The minimum atomic E-state index is -0.138. The Labute approximate surface area is 174 Å². The van der Waals surface area contributed by atoms with Crippen LogP contribution in [0.3, 0.4) is 0 Å². The second-order valence-electron chi connectivity index (χ2n) is 5.80. The number of carbonyl (C=O) groups is 1. The molecule has 28 heavy (non-hydrogen) atoms. The number of rotatable bonds is 5. The van der Waals surface area contributed by atoms with Crippen LogP contribution in [0.2, 0.25) is 10.0 Å². The maximum atomic E-state index is 12.2. The highest BCUT2D eigenvalue weighted by Gasteiger charge is 2.13. The first-order chi connectivity index (χ1) is 13.6. The summed E-state index contributed by atoms with van der Waals surface area (Å²) >= 11 is 13.3. The summed E-state index contributed by atoms with van der Waals surface area (Å²) in [6, 6.07) is 14.3. The van der Waals surface area contributed by atoms with Crippen molar-refractivity contribution in [2.75, 3.05) is 11.1 Å². The molecule has 0 aliphatic rings. The van der Waals surface area contributed by atoms with E-state index >= 15 is 0 Å². The topological polar surface area (TPSA) is 72.7 Å². The third kappa shape index (κ3) is 4.11. The summed E-state index contributed by atoms with van der Waals surface area (Å²) in [6.45, 7) is 0. The normalized spacial score (nSPS) is 10.9. The predicted molar refractivity (Wildman–Crippen MR) is 112 cm³/mol. The van der Waals surface area contributed by atoms with Gasteiger partial charge in [0, 0.05) is 15.7 Å². The fourth-order valence-electron chi connectivity index (χ4n) is 2.60. The van der Waals surface area contributed by atoms with E-state index in [9.17, 15) is 4.79 Å². The molecule has 2 aromatic heterocycles. The molecule has 1 amide bonds. The average molecular weight is 430 g/mol. The quantitative estimate of drug-likeness (QED) is 0.362. The molecule has 0 radical (unpaired) electrons. The van der Waals surface area contributed by atoms with Crippen LogP contribution < -0.4 is 5.32 Å². The molecule has 4 aromatic rings. The number of hydrogen-bond donors (Lipinski definition) is 1. The molecule has 0 spiro atoms. The van der Waals surface area contributed by atoms with E-state index < -0.39 is 0 Å². The van der Waals surface area contributed by atoms with Crippen LogP contribution in [-0.2, 0) is 4.79 Å². The van der Waals surface area contributed by atoms with Gasteiger partial charge >= 0.3 is 0 Å². The van der Waals surface area contributed by atoms with E-state index in [2.05, 4.69) is 20.4 Å². The molecule has 0 saturated heterocycles. The number of fused-ring (bicyclic) bond motifs is 1. The van der Waals surface area contributed by atoms with E-state index in [4.69, 9.17) is 23.2 Å². The zero-order chi connectivity index (χ0) is 19.5. The van der Waals surface area contributed by atoms with Gasteiger partial charge in [-0.1, -0.05) is 41.0 Å².